The fourth-order valence-electron chi connectivity index (χ4n) is 1.61. The fourth-order valence-corrected chi connectivity index (χ4v) is 1.61. The number of ether oxygens (including phenoxy) is 1. The molecule has 20 heavy (non-hydrogen) atoms. The molecule has 114 valence electrons. The van der Waals surface area contributed by atoms with Gasteiger partial charge in [0.1, 0.15) is 0 Å². The molecule has 1 heterocycles. The van der Waals surface area contributed by atoms with E-state index < -0.39 is 11.6 Å². The first-order valence-corrected chi connectivity index (χ1v) is 6.59. The normalized spacial score (nSPS) is 10.9. The van der Waals surface area contributed by atoms with Gasteiger partial charge in [0, 0.05) is 39.4 Å². The molecule has 0 aliphatic rings. The van der Waals surface area contributed by atoms with Crippen LogP contribution in [-0.4, -0.2) is 56.8 Å². The summed E-state index contributed by atoms with van der Waals surface area (Å²) in [5.41, 5.74) is 0. The molecule has 0 aromatic carbocycles. The summed E-state index contributed by atoms with van der Waals surface area (Å²) in [6, 6.07) is 0.835. The molecule has 1 rings (SSSR count). The molecule has 0 unspecified atom stereocenters. The highest BCUT2D eigenvalue weighted by Crippen LogP contribution is 2.18. The molecular weight excluding hydrogens is 266 g/mol. The van der Waals surface area contributed by atoms with Gasteiger partial charge in [-0.2, -0.15) is 0 Å². The average Bonchev–Trinajstić information content (AvgIpc) is 2.41. The smallest absolute Gasteiger partial charge is 0.168 e. The molecule has 1 aromatic heterocycles. The Morgan fingerprint density at radius 1 is 1.20 bits per heavy atom. The first kappa shape index (κ1) is 16.6. The number of likely N-dealkylation sites (N-methyl/N-ethyl adjacent to an activating group) is 1. The molecule has 7 heteroatoms. The summed E-state index contributed by atoms with van der Waals surface area (Å²) < 4.78 is 31.9. The number of hydrogen-bond donors (Lipinski definition) is 2. The minimum absolute atomic E-state index is 0.0579. The highest BCUT2D eigenvalue weighted by molar-refractivity contribution is 5.47. The standard InChI is InChI=1S/C13H22F2N4O/c1-4-16-12-10(14)9-11(15)13(18-12)17-5-6-19(2)7-8-20-3/h9H,4-8H2,1-3H3,(H2,16,17,18). The van der Waals surface area contributed by atoms with Crippen LogP contribution >= 0.6 is 0 Å². The van der Waals surface area contributed by atoms with Crippen molar-refractivity contribution in [2.45, 2.75) is 6.92 Å². The molecule has 1 aromatic rings. The summed E-state index contributed by atoms with van der Waals surface area (Å²) in [7, 11) is 3.59. The van der Waals surface area contributed by atoms with E-state index in [1.54, 1.807) is 7.11 Å². The van der Waals surface area contributed by atoms with Gasteiger partial charge >= 0.3 is 0 Å². The van der Waals surface area contributed by atoms with Gasteiger partial charge in [-0.05, 0) is 14.0 Å². The highest BCUT2D eigenvalue weighted by Gasteiger charge is 2.11. The third-order valence-corrected chi connectivity index (χ3v) is 2.74. The van der Waals surface area contributed by atoms with Crippen LogP contribution in [0.15, 0.2) is 6.07 Å². The van der Waals surface area contributed by atoms with E-state index in [1.807, 2.05) is 18.9 Å². The van der Waals surface area contributed by atoms with Gasteiger partial charge in [0.15, 0.2) is 23.3 Å². The van der Waals surface area contributed by atoms with Crippen molar-refractivity contribution >= 4 is 11.6 Å². The molecule has 0 fully saturated rings. The molecular formula is C13H22F2N4O. The molecule has 0 spiro atoms. The van der Waals surface area contributed by atoms with Gasteiger partial charge in [-0.25, -0.2) is 13.8 Å². The lowest BCUT2D eigenvalue weighted by Crippen LogP contribution is -2.28. The van der Waals surface area contributed by atoms with Crippen molar-refractivity contribution in [3.05, 3.63) is 17.7 Å². The molecule has 0 saturated carbocycles. The Kier molecular flexibility index (Phi) is 7.17. The number of methoxy groups -OCH3 is 1. The summed E-state index contributed by atoms with van der Waals surface area (Å²) in [6.45, 7) is 5.00. The number of nitrogens with zero attached hydrogens (tertiary/aromatic N) is 2. The number of aromatic nitrogens is 1. The van der Waals surface area contributed by atoms with E-state index in [4.69, 9.17) is 4.74 Å². The fraction of sp³-hybridized carbons (Fsp3) is 0.615. The Hall–Kier alpha value is -1.47. The SMILES string of the molecule is CCNc1nc(NCCN(C)CCOC)c(F)cc1F. The zero-order valence-electron chi connectivity index (χ0n) is 12.2. The van der Waals surface area contributed by atoms with Crippen molar-refractivity contribution < 1.29 is 13.5 Å². The van der Waals surface area contributed by atoms with Crippen molar-refractivity contribution in [3.63, 3.8) is 0 Å². The molecule has 0 amide bonds. The number of anilines is 2. The zero-order valence-corrected chi connectivity index (χ0v) is 12.2. The van der Waals surface area contributed by atoms with E-state index in [0.717, 1.165) is 12.6 Å². The summed E-state index contributed by atoms with van der Waals surface area (Å²) in [6.07, 6.45) is 0. The molecule has 0 aliphatic carbocycles. The van der Waals surface area contributed by atoms with Crippen LogP contribution in [0.2, 0.25) is 0 Å². The van der Waals surface area contributed by atoms with Crippen LogP contribution in [0.1, 0.15) is 6.92 Å². The van der Waals surface area contributed by atoms with Crippen LogP contribution in [-0.2, 0) is 4.74 Å². The number of rotatable bonds is 9. The number of hydrogen-bond acceptors (Lipinski definition) is 5. The van der Waals surface area contributed by atoms with Crippen LogP contribution in [0.4, 0.5) is 20.4 Å². The van der Waals surface area contributed by atoms with E-state index >= 15 is 0 Å². The number of halogens is 2. The maximum Gasteiger partial charge on any atom is 0.168 e. The van der Waals surface area contributed by atoms with Gasteiger partial charge in [-0.15, -0.1) is 0 Å². The first-order chi connectivity index (χ1) is 9.58. The zero-order chi connectivity index (χ0) is 15.0. The maximum atomic E-state index is 13.6. The molecule has 0 radical (unpaired) electrons. The first-order valence-electron chi connectivity index (χ1n) is 6.59. The molecule has 0 bridgehead atoms. The van der Waals surface area contributed by atoms with Gasteiger partial charge in [0.2, 0.25) is 0 Å². The molecule has 0 atom stereocenters. The van der Waals surface area contributed by atoms with Crippen LogP contribution in [0.25, 0.3) is 0 Å². The predicted octanol–water partition coefficient (Wildman–Crippen LogP) is 1.78. The Morgan fingerprint density at radius 2 is 1.85 bits per heavy atom. The highest BCUT2D eigenvalue weighted by atomic mass is 19.1. The summed E-state index contributed by atoms with van der Waals surface area (Å²) in [5, 5.41) is 5.62. The van der Waals surface area contributed by atoms with E-state index in [9.17, 15) is 8.78 Å². The summed E-state index contributed by atoms with van der Waals surface area (Å²) in [5.74, 6) is -1.26. The Labute approximate surface area is 118 Å². The van der Waals surface area contributed by atoms with E-state index in [-0.39, 0.29) is 11.6 Å². The van der Waals surface area contributed by atoms with Crippen molar-refractivity contribution in [2.75, 3.05) is 57.6 Å². The van der Waals surface area contributed by atoms with Crippen molar-refractivity contribution in [3.8, 4) is 0 Å². The quantitative estimate of drug-likeness (QED) is 0.725. The Balaban J connectivity index is 2.52. The van der Waals surface area contributed by atoms with E-state index in [0.29, 0.717) is 26.2 Å². The topological polar surface area (TPSA) is 49.4 Å². The largest absolute Gasteiger partial charge is 0.383 e. The minimum atomic E-state index is -0.691. The predicted molar refractivity (Wildman–Crippen MR) is 76.2 cm³/mol. The summed E-state index contributed by atoms with van der Waals surface area (Å²) in [4.78, 5) is 5.95. The number of nitrogens with one attached hydrogen (secondary N) is 2. The van der Waals surface area contributed by atoms with Gasteiger partial charge in [-0.3, -0.25) is 0 Å². The van der Waals surface area contributed by atoms with Crippen LogP contribution < -0.4 is 10.6 Å². The van der Waals surface area contributed by atoms with Crippen molar-refractivity contribution in [2.24, 2.45) is 0 Å². The lowest BCUT2D eigenvalue weighted by molar-refractivity contribution is 0.163. The Bertz CT molecular complexity index is 418. The maximum absolute atomic E-state index is 13.6. The monoisotopic (exact) mass is 288 g/mol. The van der Waals surface area contributed by atoms with Crippen LogP contribution in [0.3, 0.4) is 0 Å². The lowest BCUT2D eigenvalue weighted by atomic mass is 10.4. The molecule has 0 saturated heterocycles. The molecule has 0 aliphatic heterocycles. The second kappa shape index (κ2) is 8.65. The van der Waals surface area contributed by atoms with E-state index in [1.165, 1.54) is 0 Å². The summed E-state index contributed by atoms with van der Waals surface area (Å²) >= 11 is 0. The molecule has 2 N–H and O–H groups in total. The third kappa shape index (κ3) is 5.26. The van der Waals surface area contributed by atoms with Crippen molar-refractivity contribution in [1.29, 1.82) is 0 Å². The van der Waals surface area contributed by atoms with Gasteiger partial charge in [-0.1, -0.05) is 0 Å². The average molecular weight is 288 g/mol. The van der Waals surface area contributed by atoms with Gasteiger partial charge in [0.25, 0.3) is 0 Å². The van der Waals surface area contributed by atoms with E-state index in [2.05, 4.69) is 15.6 Å². The minimum Gasteiger partial charge on any atom is -0.383 e. The second-order valence-electron chi connectivity index (χ2n) is 4.40. The second-order valence-corrected chi connectivity index (χ2v) is 4.40. The van der Waals surface area contributed by atoms with Crippen LogP contribution in [0.5, 0.6) is 0 Å². The van der Waals surface area contributed by atoms with Gasteiger partial charge < -0.3 is 20.3 Å². The van der Waals surface area contributed by atoms with Crippen LogP contribution in [0, 0.1) is 11.6 Å². The third-order valence-electron chi connectivity index (χ3n) is 2.74. The lowest BCUT2D eigenvalue weighted by Gasteiger charge is -2.17. The Morgan fingerprint density at radius 3 is 2.45 bits per heavy atom. The van der Waals surface area contributed by atoms with Crippen molar-refractivity contribution in [1.82, 2.24) is 9.88 Å². The molecule has 5 nitrogen and oxygen atoms in total. The number of pyridine rings is 1. The van der Waals surface area contributed by atoms with Gasteiger partial charge in [0.05, 0.1) is 6.61 Å².